The number of carbonyl (C=O) groups excluding carboxylic acids is 2. The maximum absolute atomic E-state index is 11.6. The highest BCUT2D eigenvalue weighted by molar-refractivity contribution is 5.70. The number of hydrogen-bond donors (Lipinski definition) is 1. The molecule has 0 radical (unpaired) electrons. The van der Waals surface area contributed by atoms with Gasteiger partial charge >= 0.3 is 6.09 Å². The summed E-state index contributed by atoms with van der Waals surface area (Å²) < 4.78 is 5.12. The fourth-order valence-corrected chi connectivity index (χ4v) is 1.93. The van der Waals surface area contributed by atoms with Crippen LogP contribution in [0.1, 0.15) is 18.4 Å². The van der Waals surface area contributed by atoms with Crippen molar-refractivity contribution < 1.29 is 14.3 Å². The quantitative estimate of drug-likeness (QED) is 0.826. The molecule has 0 aliphatic carbocycles. The van der Waals surface area contributed by atoms with Gasteiger partial charge in [0.15, 0.2) is 0 Å². The van der Waals surface area contributed by atoms with Crippen LogP contribution in [0.5, 0.6) is 5.75 Å². The number of nitrogens with one attached hydrogen (secondary N) is 1. The van der Waals surface area contributed by atoms with Gasteiger partial charge in [0.05, 0.1) is 6.04 Å². The van der Waals surface area contributed by atoms with E-state index in [1.165, 1.54) is 0 Å². The van der Waals surface area contributed by atoms with E-state index in [9.17, 15) is 9.59 Å². The first kappa shape index (κ1) is 12.6. The number of hydrazine groups is 1. The lowest BCUT2D eigenvalue weighted by Crippen LogP contribution is -2.46. The minimum atomic E-state index is -0.562. The summed E-state index contributed by atoms with van der Waals surface area (Å²) in [5, 5.41) is 1.61. The maximum atomic E-state index is 11.6. The first-order chi connectivity index (χ1) is 8.69. The van der Waals surface area contributed by atoms with Gasteiger partial charge in [-0.15, -0.1) is 0 Å². The number of aryl methyl sites for hydroxylation is 1. The Hall–Kier alpha value is -1.88. The summed E-state index contributed by atoms with van der Waals surface area (Å²) in [6, 6.07) is 6.96. The molecule has 1 aromatic rings. The molecule has 1 aromatic carbocycles. The predicted octanol–water partition coefficient (Wildman–Crippen LogP) is 1.66. The lowest BCUT2D eigenvalue weighted by Gasteiger charge is -2.20. The molecule has 1 N–H and O–H groups in total. The fraction of sp³-hybridized carbons (Fsp3) is 0.385. The minimum absolute atomic E-state index is 0.240. The first-order valence-electron chi connectivity index (χ1n) is 5.96. The maximum Gasteiger partial charge on any atom is 0.427 e. The number of hydrogen-bond acceptors (Lipinski definition) is 4. The molecule has 1 atom stereocenters. The second kappa shape index (κ2) is 5.64. The second-order valence-electron chi connectivity index (χ2n) is 4.35. The van der Waals surface area contributed by atoms with Crippen LogP contribution >= 0.6 is 0 Å². The molecule has 1 aliphatic heterocycles. The number of ether oxygens (including phenoxy) is 1. The van der Waals surface area contributed by atoms with Crippen LogP contribution in [0, 0.1) is 6.92 Å². The molecule has 0 bridgehead atoms. The van der Waals surface area contributed by atoms with Crippen molar-refractivity contribution in [1.82, 2.24) is 10.4 Å². The highest BCUT2D eigenvalue weighted by atomic mass is 16.6. The van der Waals surface area contributed by atoms with E-state index in [1.54, 1.807) is 17.1 Å². The lowest BCUT2D eigenvalue weighted by molar-refractivity contribution is -0.112. The van der Waals surface area contributed by atoms with E-state index in [2.05, 4.69) is 5.43 Å². The zero-order valence-electron chi connectivity index (χ0n) is 10.3. The van der Waals surface area contributed by atoms with Gasteiger partial charge in [-0.25, -0.2) is 9.80 Å². The van der Waals surface area contributed by atoms with E-state index in [1.807, 2.05) is 19.1 Å². The van der Waals surface area contributed by atoms with Gasteiger partial charge in [0, 0.05) is 6.54 Å². The Morgan fingerprint density at radius 3 is 2.83 bits per heavy atom. The lowest BCUT2D eigenvalue weighted by atomic mass is 10.2. The Morgan fingerprint density at radius 1 is 1.44 bits per heavy atom. The van der Waals surface area contributed by atoms with Crippen LogP contribution in [-0.2, 0) is 4.79 Å². The Labute approximate surface area is 106 Å². The topological polar surface area (TPSA) is 58.6 Å². The van der Waals surface area contributed by atoms with Crippen LogP contribution in [0.15, 0.2) is 24.3 Å². The van der Waals surface area contributed by atoms with Crippen LogP contribution in [-0.4, -0.2) is 30.0 Å². The molecule has 5 heteroatoms. The fourth-order valence-electron chi connectivity index (χ4n) is 1.93. The average Bonchev–Trinajstić information content (AvgIpc) is 2.79. The van der Waals surface area contributed by atoms with Crippen LogP contribution in [0.2, 0.25) is 0 Å². The molecular formula is C13H16N2O3. The molecular weight excluding hydrogens is 232 g/mol. The van der Waals surface area contributed by atoms with Gasteiger partial charge < -0.3 is 9.53 Å². The number of rotatable bonds is 3. The Morgan fingerprint density at radius 2 is 2.17 bits per heavy atom. The third-order valence-corrected chi connectivity index (χ3v) is 2.92. The van der Waals surface area contributed by atoms with Gasteiger partial charge in [-0.2, -0.15) is 0 Å². The van der Waals surface area contributed by atoms with Crippen molar-refractivity contribution in [2.24, 2.45) is 0 Å². The molecule has 5 nitrogen and oxygen atoms in total. The van der Waals surface area contributed by atoms with Gasteiger partial charge in [-0.1, -0.05) is 17.7 Å². The Bertz CT molecular complexity index is 430. The zero-order valence-corrected chi connectivity index (χ0v) is 10.3. The molecule has 18 heavy (non-hydrogen) atoms. The molecule has 0 unspecified atom stereocenters. The molecule has 0 saturated carbocycles. The molecule has 0 spiro atoms. The van der Waals surface area contributed by atoms with Crippen LogP contribution in [0.3, 0.4) is 0 Å². The van der Waals surface area contributed by atoms with Crippen molar-refractivity contribution in [1.29, 1.82) is 0 Å². The average molecular weight is 248 g/mol. The number of aldehydes is 1. The number of amides is 1. The molecule has 1 saturated heterocycles. The van der Waals surface area contributed by atoms with Crippen molar-refractivity contribution in [3.8, 4) is 5.75 Å². The molecule has 1 amide bonds. The Balaban J connectivity index is 1.88. The van der Waals surface area contributed by atoms with E-state index in [-0.39, 0.29) is 6.04 Å². The second-order valence-corrected chi connectivity index (χ2v) is 4.35. The summed E-state index contributed by atoms with van der Waals surface area (Å²) in [6.07, 6.45) is 1.95. The highest BCUT2D eigenvalue weighted by Gasteiger charge is 2.25. The monoisotopic (exact) mass is 248 g/mol. The third kappa shape index (κ3) is 3.07. The third-order valence-electron chi connectivity index (χ3n) is 2.92. The number of carbonyl (C=O) groups is 2. The predicted molar refractivity (Wildman–Crippen MR) is 66.1 cm³/mol. The molecule has 2 rings (SSSR count). The van der Waals surface area contributed by atoms with Gasteiger partial charge in [-0.3, -0.25) is 5.43 Å². The van der Waals surface area contributed by atoms with Gasteiger partial charge in [-0.05, 0) is 31.9 Å². The van der Waals surface area contributed by atoms with Crippen molar-refractivity contribution in [2.45, 2.75) is 25.8 Å². The van der Waals surface area contributed by atoms with Crippen molar-refractivity contribution in [3.05, 3.63) is 29.8 Å². The summed E-state index contributed by atoms with van der Waals surface area (Å²) >= 11 is 0. The standard InChI is InChI=1S/C13H16N2O3/c1-10-4-6-12(7-5-10)18-13(17)14-15-8-2-3-11(15)9-16/h4-7,9,11H,2-3,8H2,1H3,(H,14,17)/t11-/m0/s1. The SMILES string of the molecule is Cc1ccc(OC(=O)NN2CCC[C@H]2C=O)cc1. The Kier molecular flexibility index (Phi) is 3.94. The summed E-state index contributed by atoms with van der Waals surface area (Å²) in [6.45, 7) is 2.63. The van der Waals surface area contributed by atoms with Gasteiger partial charge in [0.1, 0.15) is 12.0 Å². The molecule has 1 heterocycles. The normalized spacial score (nSPS) is 19.5. The van der Waals surface area contributed by atoms with Crippen LogP contribution < -0.4 is 10.2 Å². The molecule has 96 valence electrons. The largest absolute Gasteiger partial charge is 0.427 e. The van der Waals surface area contributed by atoms with Crippen LogP contribution in [0.4, 0.5) is 4.79 Å². The summed E-state index contributed by atoms with van der Waals surface area (Å²) in [5.74, 6) is 0.486. The van der Waals surface area contributed by atoms with E-state index in [0.29, 0.717) is 12.3 Å². The zero-order chi connectivity index (χ0) is 13.0. The summed E-state index contributed by atoms with van der Waals surface area (Å²) in [5.41, 5.74) is 3.68. The van der Waals surface area contributed by atoms with Gasteiger partial charge in [0.25, 0.3) is 0 Å². The molecule has 1 aliphatic rings. The summed E-state index contributed by atoms with van der Waals surface area (Å²) in [7, 11) is 0. The van der Waals surface area contributed by atoms with Crippen LogP contribution in [0.25, 0.3) is 0 Å². The highest BCUT2D eigenvalue weighted by Crippen LogP contribution is 2.14. The van der Waals surface area contributed by atoms with Gasteiger partial charge in [0.2, 0.25) is 0 Å². The van der Waals surface area contributed by atoms with E-state index >= 15 is 0 Å². The van der Waals surface area contributed by atoms with Crippen molar-refractivity contribution >= 4 is 12.4 Å². The summed E-state index contributed by atoms with van der Waals surface area (Å²) in [4.78, 5) is 22.4. The minimum Gasteiger partial charge on any atom is -0.409 e. The first-order valence-corrected chi connectivity index (χ1v) is 5.96. The van der Waals surface area contributed by atoms with Crippen molar-refractivity contribution in [3.63, 3.8) is 0 Å². The van der Waals surface area contributed by atoms with E-state index in [4.69, 9.17) is 4.74 Å². The molecule has 0 aromatic heterocycles. The molecule has 1 fully saturated rings. The van der Waals surface area contributed by atoms with Crippen molar-refractivity contribution in [2.75, 3.05) is 6.54 Å². The number of benzene rings is 1. The number of nitrogens with zero attached hydrogens (tertiary/aromatic N) is 1. The van der Waals surface area contributed by atoms with E-state index < -0.39 is 6.09 Å². The van der Waals surface area contributed by atoms with E-state index in [0.717, 1.165) is 24.7 Å². The smallest absolute Gasteiger partial charge is 0.409 e.